The minimum atomic E-state index is -0.155. The van der Waals surface area contributed by atoms with E-state index in [9.17, 15) is 4.79 Å². The van der Waals surface area contributed by atoms with Crippen LogP contribution in [-0.4, -0.2) is 17.6 Å². The molecule has 1 aromatic rings. The first kappa shape index (κ1) is 13.6. The summed E-state index contributed by atoms with van der Waals surface area (Å²) >= 11 is 5.04. The van der Waals surface area contributed by atoms with Gasteiger partial charge in [-0.25, -0.2) is 0 Å². The predicted molar refractivity (Wildman–Crippen MR) is 74.2 cm³/mol. The van der Waals surface area contributed by atoms with Crippen LogP contribution < -0.4 is 10.6 Å². The van der Waals surface area contributed by atoms with E-state index in [-0.39, 0.29) is 5.91 Å². The predicted octanol–water partition coefficient (Wildman–Crippen LogP) is 2.40. The number of rotatable bonds is 4. The van der Waals surface area contributed by atoms with Crippen LogP contribution in [0.3, 0.4) is 0 Å². The summed E-state index contributed by atoms with van der Waals surface area (Å²) in [7, 11) is 0. The Hall–Kier alpha value is -1.42. The van der Waals surface area contributed by atoms with Crippen molar-refractivity contribution in [2.24, 2.45) is 0 Å². The number of carbonyl (C=O) groups is 1. The monoisotopic (exact) mass is 250 g/mol. The maximum absolute atomic E-state index is 11.9. The number of aryl methyl sites for hydroxylation is 1. The van der Waals surface area contributed by atoms with Gasteiger partial charge in [0.2, 0.25) is 0 Å². The smallest absolute Gasteiger partial charge is 0.257 e. The second-order valence-electron chi connectivity index (χ2n) is 3.88. The Morgan fingerprint density at radius 1 is 1.35 bits per heavy atom. The molecule has 0 aromatic heterocycles. The zero-order valence-electron chi connectivity index (χ0n) is 10.2. The molecule has 1 aromatic carbocycles. The van der Waals surface area contributed by atoms with E-state index < -0.39 is 0 Å². The van der Waals surface area contributed by atoms with E-state index >= 15 is 0 Å². The Morgan fingerprint density at radius 2 is 2.06 bits per heavy atom. The van der Waals surface area contributed by atoms with Gasteiger partial charge in [0.1, 0.15) is 0 Å². The van der Waals surface area contributed by atoms with E-state index in [2.05, 4.69) is 17.6 Å². The fraction of sp³-hybridized carbons (Fsp3) is 0.385. The van der Waals surface area contributed by atoms with Gasteiger partial charge in [-0.3, -0.25) is 10.1 Å². The van der Waals surface area contributed by atoms with Crippen LogP contribution in [0.15, 0.2) is 24.3 Å². The van der Waals surface area contributed by atoms with E-state index in [1.807, 2.05) is 25.1 Å². The van der Waals surface area contributed by atoms with Crippen molar-refractivity contribution in [2.45, 2.75) is 26.7 Å². The molecule has 0 saturated heterocycles. The first-order chi connectivity index (χ1) is 8.15. The van der Waals surface area contributed by atoms with Gasteiger partial charge in [-0.15, -0.1) is 0 Å². The van der Waals surface area contributed by atoms with Crippen molar-refractivity contribution in [3.05, 3.63) is 35.4 Å². The molecule has 0 spiro atoms. The van der Waals surface area contributed by atoms with Crippen LogP contribution in [0.5, 0.6) is 0 Å². The fourth-order valence-corrected chi connectivity index (χ4v) is 1.62. The minimum Gasteiger partial charge on any atom is -0.362 e. The van der Waals surface area contributed by atoms with Crippen LogP contribution in [0.4, 0.5) is 0 Å². The van der Waals surface area contributed by atoms with Gasteiger partial charge < -0.3 is 5.32 Å². The molecule has 17 heavy (non-hydrogen) atoms. The summed E-state index contributed by atoms with van der Waals surface area (Å²) < 4.78 is 0. The van der Waals surface area contributed by atoms with Crippen molar-refractivity contribution in [3.63, 3.8) is 0 Å². The summed E-state index contributed by atoms with van der Waals surface area (Å²) in [6, 6.07) is 7.45. The van der Waals surface area contributed by atoms with Crippen LogP contribution >= 0.6 is 12.2 Å². The molecular weight excluding hydrogens is 232 g/mol. The van der Waals surface area contributed by atoms with Crippen molar-refractivity contribution in [3.8, 4) is 0 Å². The van der Waals surface area contributed by atoms with Crippen LogP contribution in [0.2, 0.25) is 0 Å². The first-order valence-electron chi connectivity index (χ1n) is 5.80. The highest BCUT2D eigenvalue weighted by atomic mass is 32.1. The molecule has 0 saturated carbocycles. The molecule has 0 atom stereocenters. The number of carbonyl (C=O) groups excluding carboxylic acids is 1. The van der Waals surface area contributed by atoms with Crippen molar-refractivity contribution in [2.75, 3.05) is 6.54 Å². The second kappa shape index (κ2) is 7.01. The minimum absolute atomic E-state index is 0.155. The maximum Gasteiger partial charge on any atom is 0.257 e. The Bertz CT molecular complexity index is 404. The number of unbranched alkanes of at least 4 members (excludes halogenated alkanes) is 1. The SMILES string of the molecule is CCCCNC(=S)NC(=O)c1ccccc1C. The van der Waals surface area contributed by atoms with Gasteiger partial charge in [-0.05, 0) is 37.2 Å². The molecule has 3 nitrogen and oxygen atoms in total. The lowest BCUT2D eigenvalue weighted by Crippen LogP contribution is -2.39. The lowest BCUT2D eigenvalue weighted by atomic mass is 10.1. The molecule has 0 heterocycles. The number of hydrogen-bond donors (Lipinski definition) is 2. The lowest BCUT2D eigenvalue weighted by Gasteiger charge is -2.10. The Balaban J connectivity index is 2.49. The Kier molecular flexibility index (Phi) is 5.63. The number of nitrogens with one attached hydrogen (secondary N) is 2. The number of amides is 1. The van der Waals surface area contributed by atoms with E-state index in [0.717, 1.165) is 24.9 Å². The van der Waals surface area contributed by atoms with Gasteiger partial charge in [0.15, 0.2) is 5.11 Å². The lowest BCUT2D eigenvalue weighted by molar-refractivity contribution is 0.0976. The zero-order chi connectivity index (χ0) is 12.7. The zero-order valence-corrected chi connectivity index (χ0v) is 11.1. The summed E-state index contributed by atoms with van der Waals surface area (Å²) in [6.45, 7) is 4.81. The third-order valence-corrected chi connectivity index (χ3v) is 2.68. The van der Waals surface area contributed by atoms with Gasteiger partial charge in [0.25, 0.3) is 5.91 Å². The summed E-state index contributed by atoms with van der Waals surface area (Å²) in [5.74, 6) is -0.155. The molecule has 0 aliphatic carbocycles. The average molecular weight is 250 g/mol. The van der Waals surface area contributed by atoms with E-state index in [4.69, 9.17) is 12.2 Å². The molecule has 92 valence electrons. The molecule has 0 aliphatic heterocycles. The Morgan fingerprint density at radius 3 is 2.71 bits per heavy atom. The molecule has 1 amide bonds. The Labute approximate surface area is 108 Å². The van der Waals surface area contributed by atoms with E-state index in [1.54, 1.807) is 6.07 Å². The topological polar surface area (TPSA) is 41.1 Å². The van der Waals surface area contributed by atoms with Crippen molar-refractivity contribution < 1.29 is 4.79 Å². The molecule has 4 heteroatoms. The summed E-state index contributed by atoms with van der Waals surface area (Å²) in [5, 5.41) is 6.08. The third kappa shape index (κ3) is 4.53. The molecule has 0 unspecified atom stereocenters. The number of hydrogen-bond acceptors (Lipinski definition) is 2. The van der Waals surface area contributed by atoms with Crippen LogP contribution in [0.1, 0.15) is 35.7 Å². The van der Waals surface area contributed by atoms with Gasteiger partial charge >= 0.3 is 0 Å². The van der Waals surface area contributed by atoms with Gasteiger partial charge in [-0.1, -0.05) is 31.5 Å². The molecule has 0 radical (unpaired) electrons. The highest BCUT2D eigenvalue weighted by Gasteiger charge is 2.09. The molecule has 0 bridgehead atoms. The van der Waals surface area contributed by atoms with Crippen molar-refractivity contribution >= 4 is 23.2 Å². The molecule has 0 aliphatic rings. The van der Waals surface area contributed by atoms with Gasteiger partial charge in [0.05, 0.1) is 0 Å². The summed E-state index contributed by atoms with van der Waals surface area (Å²) in [4.78, 5) is 11.9. The normalized spacial score (nSPS) is 9.76. The highest BCUT2D eigenvalue weighted by molar-refractivity contribution is 7.80. The van der Waals surface area contributed by atoms with E-state index in [0.29, 0.717) is 10.7 Å². The largest absolute Gasteiger partial charge is 0.362 e. The standard InChI is InChI=1S/C13H18N2OS/c1-3-4-9-14-13(17)15-12(16)11-8-6-5-7-10(11)2/h5-8H,3-4,9H2,1-2H3,(H2,14,15,16,17). The summed E-state index contributed by atoms with van der Waals surface area (Å²) in [6.07, 6.45) is 2.14. The molecule has 0 fully saturated rings. The average Bonchev–Trinajstić information content (AvgIpc) is 2.29. The number of thiocarbonyl (C=S) groups is 1. The van der Waals surface area contributed by atoms with Crippen LogP contribution in [-0.2, 0) is 0 Å². The maximum atomic E-state index is 11.9. The second-order valence-corrected chi connectivity index (χ2v) is 4.29. The van der Waals surface area contributed by atoms with Crippen LogP contribution in [0.25, 0.3) is 0 Å². The molecule has 2 N–H and O–H groups in total. The summed E-state index contributed by atoms with van der Waals surface area (Å²) in [5.41, 5.74) is 1.61. The first-order valence-corrected chi connectivity index (χ1v) is 6.20. The fourth-order valence-electron chi connectivity index (χ4n) is 1.42. The van der Waals surface area contributed by atoms with Crippen molar-refractivity contribution in [1.82, 2.24) is 10.6 Å². The van der Waals surface area contributed by atoms with Gasteiger partial charge in [-0.2, -0.15) is 0 Å². The highest BCUT2D eigenvalue weighted by Crippen LogP contribution is 2.06. The quantitative estimate of drug-likeness (QED) is 0.637. The van der Waals surface area contributed by atoms with E-state index in [1.165, 1.54) is 0 Å². The molecule has 1 rings (SSSR count). The third-order valence-electron chi connectivity index (χ3n) is 2.43. The van der Waals surface area contributed by atoms with Gasteiger partial charge in [0, 0.05) is 12.1 Å². The molecular formula is C13H18N2OS. The van der Waals surface area contributed by atoms with Crippen molar-refractivity contribution in [1.29, 1.82) is 0 Å². The number of benzene rings is 1. The van der Waals surface area contributed by atoms with Crippen LogP contribution in [0, 0.1) is 6.92 Å².